The molecule has 2 aliphatic heterocycles. The van der Waals surface area contributed by atoms with Gasteiger partial charge in [-0.1, -0.05) is 0 Å². The van der Waals surface area contributed by atoms with Crippen molar-refractivity contribution in [3.8, 4) is 0 Å². The molecule has 2 aliphatic rings. The van der Waals surface area contributed by atoms with Crippen molar-refractivity contribution >= 4 is 17.9 Å². The van der Waals surface area contributed by atoms with E-state index in [9.17, 15) is 14.4 Å². The summed E-state index contributed by atoms with van der Waals surface area (Å²) in [7, 11) is 0. The van der Waals surface area contributed by atoms with Crippen molar-refractivity contribution in [1.29, 1.82) is 0 Å². The number of imide groups is 1. The highest BCUT2D eigenvalue weighted by Crippen LogP contribution is 2.29. The fraction of sp³-hybridized carbons (Fsp3) is 0.727. The van der Waals surface area contributed by atoms with E-state index in [1.807, 2.05) is 4.90 Å². The van der Waals surface area contributed by atoms with Crippen LogP contribution in [0.4, 0.5) is 4.79 Å². The first kappa shape index (κ1) is 13.8. The third-order valence-corrected chi connectivity index (χ3v) is 3.67. The van der Waals surface area contributed by atoms with Crippen LogP contribution in [0.2, 0.25) is 0 Å². The van der Waals surface area contributed by atoms with Gasteiger partial charge in [0.1, 0.15) is 12.1 Å². The number of aliphatic carboxylic acids is 1. The van der Waals surface area contributed by atoms with Crippen molar-refractivity contribution in [2.45, 2.75) is 18.4 Å². The van der Waals surface area contributed by atoms with Crippen LogP contribution in [0.5, 0.6) is 0 Å². The number of likely N-dealkylation sites (tertiary alicyclic amines) is 1. The molecule has 0 atom stereocenters. The minimum atomic E-state index is -1.21. The number of aliphatic hydroxyl groups excluding tert-OH is 1. The summed E-state index contributed by atoms with van der Waals surface area (Å²) in [4.78, 5) is 37.3. The smallest absolute Gasteiger partial charge is 0.325 e. The van der Waals surface area contributed by atoms with Gasteiger partial charge in [-0.25, -0.2) is 4.79 Å². The molecule has 0 saturated carbocycles. The normalized spacial score (nSPS) is 22.9. The highest BCUT2D eigenvalue weighted by molar-refractivity contribution is 6.08. The zero-order chi connectivity index (χ0) is 14.0. The van der Waals surface area contributed by atoms with E-state index in [0.29, 0.717) is 32.5 Å². The number of carboxylic acid groups (broad SMARTS) is 1. The Labute approximate surface area is 110 Å². The van der Waals surface area contributed by atoms with Gasteiger partial charge in [-0.15, -0.1) is 0 Å². The molecule has 3 amide bonds. The molecule has 0 bridgehead atoms. The van der Waals surface area contributed by atoms with Crippen LogP contribution in [0.25, 0.3) is 0 Å². The lowest BCUT2D eigenvalue weighted by Gasteiger charge is -2.36. The third kappa shape index (κ3) is 2.54. The molecule has 3 N–H and O–H groups in total. The minimum Gasteiger partial charge on any atom is -0.480 e. The van der Waals surface area contributed by atoms with Gasteiger partial charge in [0.05, 0.1) is 6.61 Å². The van der Waals surface area contributed by atoms with Crippen molar-refractivity contribution in [3.05, 3.63) is 0 Å². The van der Waals surface area contributed by atoms with E-state index in [4.69, 9.17) is 10.2 Å². The number of piperidine rings is 1. The molecule has 0 aromatic heterocycles. The number of carboxylic acids is 1. The van der Waals surface area contributed by atoms with E-state index in [1.54, 1.807) is 0 Å². The van der Waals surface area contributed by atoms with Crippen molar-refractivity contribution in [3.63, 3.8) is 0 Å². The molecule has 106 valence electrons. The van der Waals surface area contributed by atoms with Crippen LogP contribution < -0.4 is 5.32 Å². The van der Waals surface area contributed by atoms with Gasteiger partial charge in [0, 0.05) is 19.6 Å². The van der Waals surface area contributed by atoms with Crippen molar-refractivity contribution < 1.29 is 24.6 Å². The summed E-state index contributed by atoms with van der Waals surface area (Å²) < 4.78 is 0. The largest absolute Gasteiger partial charge is 0.480 e. The van der Waals surface area contributed by atoms with E-state index in [1.165, 1.54) is 0 Å². The first-order valence-electron chi connectivity index (χ1n) is 6.17. The van der Waals surface area contributed by atoms with Gasteiger partial charge in [0.2, 0.25) is 0 Å². The maximum atomic E-state index is 12.2. The molecule has 0 radical (unpaired) electrons. The SMILES string of the molecule is O=C(O)CN1C(=O)NC2(CCN(CCO)CC2)C1=O. The van der Waals surface area contributed by atoms with Gasteiger partial charge >= 0.3 is 12.0 Å². The lowest BCUT2D eigenvalue weighted by atomic mass is 9.87. The molecule has 8 heteroatoms. The Hall–Kier alpha value is -1.67. The average molecular weight is 271 g/mol. The van der Waals surface area contributed by atoms with Crippen LogP contribution in [-0.4, -0.2) is 76.2 Å². The zero-order valence-corrected chi connectivity index (χ0v) is 10.5. The Morgan fingerprint density at radius 3 is 2.47 bits per heavy atom. The molecule has 2 fully saturated rings. The van der Waals surface area contributed by atoms with Crippen LogP contribution in [0, 0.1) is 0 Å². The van der Waals surface area contributed by atoms with Gasteiger partial charge in [-0.05, 0) is 12.8 Å². The number of carbonyl (C=O) groups is 3. The van der Waals surface area contributed by atoms with E-state index in [0.717, 1.165) is 4.90 Å². The quantitative estimate of drug-likeness (QED) is 0.534. The summed E-state index contributed by atoms with van der Waals surface area (Å²) in [5, 5.41) is 20.2. The maximum absolute atomic E-state index is 12.2. The molecule has 0 unspecified atom stereocenters. The number of hydrogen-bond donors (Lipinski definition) is 3. The number of hydrogen-bond acceptors (Lipinski definition) is 5. The summed E-state index contributed by atoms with van der Waals surface area (Å²) >= 11 is 0. The topological polar surface area (TPSA) is 110 Å². The molecule has 1 spiro atoms. The van der Waals surface area contributed by atoms with Gasteiger partial charge in [0.25, 0.3) is 5.91 Å². The molecule has 2 saturated heterocycles. The highest BCUT2D eigenvalue weighted by Gasteiger charge is 2.52. The van der Waals surface area contributed by atoms with Gasteiger partial charge in [-0.2, -0.15) is 0 Å². The monoisotopic (exact) mass is 271 g/mol. The fourth-order valence-corrected chi connectivity index (χ4v) is 2.59. The number of rotatable bonds is 4. The van der Waals surface area contributed by atoms with Gasteiger partial charge in [0.15, 0.2) is 0 Å². The highest BCUT2D eigenvalue weighted by atomic mass is 16.4. The first-order valence-corrected chi connectivity index (χ1v) is 6.17. The second kappa shape index (κ2) is 5.14. The summed E-state index contributed by atoms with van der Waals surface area (Å²) in [6.45, 7) is 1.17. The first-order chi connectivity index (χ1) is 8.98. The number of β-amino-alcohol motifs (C(OH)–C–C–N with tert-alkyl or cyclic N) is 1. The Morgan fingerprint density at radius 1 is 1.32 bits per heavy atom. The fourth-order valence-electron chi connectivity index (χ4n) is 2.59. The Balaban J connectivity index is 2.04. The minimum absolute atomic E-state index is 0.0540. The molecular weight excluding hydrogens is 254 g/mol. The standard InChI is InChI=1S/C11H17N3O5/c15-6-5-13-3-1-11(2-4-13)9(18)14(7-8(16)17)10(19)12-11/h15H,1-7H2,(H,12,19)(H,16,17). The van der Waals surface area contributed by atoms with E-state index in [2.05, 4.69) is 5.32 Å². The second-order valence-corrected chi connectivity index (χ2v) is 4.86. The van der Waals surface area contributed by atoms with Crippen molar-refractivity contribution in [1.82, 2.24) is 15.1 Å². The average Bonchev–Trinajstić information content (AvgIpc) is 2.57. The van der Waals surface area contributed by atoms with Gasteiger partial charge in [-0.3, -0.25) is 14.5 Å². The lowest BCUT2D eigenvalue weighted by Crippen LogP contribution is -2.55. The second-order valence-electron chi connectivity index (χ2n) is 4.86. The maximum Gasteiger partial charge on any atom is 0.325 e. The summed E-state index contributed by atoms with van der Waals surface area (Å²) in [5.41, 5.74) is -0.960. The van der Waals surface area contributed by atoms with Crippen LogP contribution in [0.3, 0.4) is 0 Å². The Morgan fingerprint density at radius 2 is 1.95 bits per heavy atom. The van der Waals surface area contributed by atoms with Crippen LogP contribution in [0.1, 0.15) is 12.8 Å². The number of carbonyl (C=O) groups excluding carboxylic acids is 2. The van der Waals surface area contributed by atoms with Crippen LogP contribution in [-0.2, 0) is 9.59 Å². The summed E-state index contributed by atoms with van der Waals surface area (Å²) in [6, 6.07) is -0.636. The Kier molecular flexibility index (Phi) is 3.72. The molecule has 0 aromatic carbocycles. The zero-order valence-electron chi connectivity index (χ0n) is 10.5. The molecular formula is C11H17N3O5. The lowest BCUT2D eigenvalue weighted by molar-refractivity contribution is -0.143. The predicted octanol–water partition coefficient (Wildman–Crippen LogP) is -1.55. The number of aliphatic hydroxyl groups is 1. The summed E-state index contributed by atoms with van der Waals surface area (Å²) in [6.07, 6.45) is 0.876. The molecule has 0 aliphatic carbocycles. The number of amides is 3. The van der Waals surface area contributed by atoms with Gasteiger partial charge < -0.3 is 20.4 Å². The van der Waals surface area contributed by atoms with E-state index < -0.39 is 30.0 Å². The Bertz CT molecular complexity index is 403. The third-order valence-electron chi connectivity index (χ3n) is 3.67. The predicted molar refractivity (Wildman–Crippen MR) is 63.4 cm³/mol. The van der Waals surface area contributed by atoms with E-state index >= 15 is 0 Å². The molecule has 2 rings (SSSR count). The van der Waals surface area contributed by atoms with Crippen LogP contribution in [0.15, 0.2) is 0 Å². The van der Waals surface area contributed by atoms with Crippen LogP contribution >= 0.6 is 0 Å². The molecule has 0 aromatic rings. The summed E-state index contributed by atoms with van der Waals surface area (Å²) in [5.74, 6) is -1.66. The number of urea groups is 1. The number of nitrogens with zero attached hydrogens (tertiary/aromatic N) is 2. The number of nitrogens with one attached hydrogen (secondary N) is 1. The molecule has 2 heterocycles. The van der Waals surface area contributed by atoms with Crippen molar-refractivity contribution in [2.24, 2.45) is 0 Å². The van der Waals surface area contributed by atoms with E-state index in [-0.39, 0.29) is 6.61 Å². The van der Waals surface area contributed by atoms with Crippen molar-refractivity contribution in [2.75, 3.05) is 32.8 Å². The molecule has 19 heavy (non-hydrogen) atoms. The molecule has 8 nitrogen and oxygen atoms in total.